The molecule has 0 unspecified atom stereocenters. The van der Waals surface area contributed by atoms with Crippen molar-refractivity contribution in [1.82, 2.24) is 10.2 Å². The van der Waals surface area contributed by atoms with Crippen molar-refractivity contribution in [1.29, 1.82) is 0 Å². The maximum Gasteiger partial charge on any atom is 0.258 e. The average molecular weight is 511 g/mol. The summed E-state index contributed by atoms with van der Waals surface area (Å²) in [6.07, 6.45) is 3.35. The fourth-order valence-electron chi connectivity index (χ4n) is 6.62. The molecule has 3 aliphatic heterocycles. The van der Waals surface area contributed by atoms with E-state index in [9.17, 15) is 14.7 Å². The number of aliphatic hydroxyl groups is 1. The number of likely N-dealkylation sites (tertiary alicyclic amines) is 1. The zero-order valence-electron chi connectivity index (χ0n) is 22.0. The third-order valence-electron chi connectivity index (χ3n) is 9.24. The molecule has 38 heavy (non-hydrogen) atoms. The van der Waals surface area contributed by atoms with Crippen LogP contribution in [0.3, 0.4) is 0 Å². The first kappa shape index (κ1) is 23.7. The largest absolute Gasteiger partial charge is 0.393 e. The highest BCUT2D eigenvalue weighted by Gasteiger charge is 2.47. The fraction of sp³-hybridized carbons (Fsp3) is 0.419. The van der Waals surface area contributed by atoms with Crippen LogP contribution in [0.15, 0.2) is 48.5 Å². The van der Waals surface area contributed by atoms with Crippen LogP contribution in [-0.4, -0.2) is 67.2 Å². The second kappa shape index (κ2) is 8.55. The van der Waals surface area contributed by atoms with Crippen molar-refractivity contribution in [3.05, 3.63) is 70.8 Å². The molecule has 7 heteroatoms. The van der Waals surface area contributed by atoms with Gasteiger partial charge < -0.3 is 20.2 Å². The highest BCUT2D eigenvalue weighted by Crippen LogP contribution is 2.50. The Balaban J connectivity index is 1.11. The topological polar surface area (TPSA) is 76.1 Å². The van der Waals surface area contributed by atoms with Crippen LogP contribution in [0.5, 0.6) is 0 Å². The summed E-state index contributed by atoms with van der Waals surface area (Å²) >= 11 is 0. The highest BCUT2D eigenvalue weighted by atomic mass is 16.3. The van der Waals surface area contributed by atoms with E-state index in [1.54, 1.807) is 4.90 Å². The SMILES string of the molecule is Cc1ccc(N2CC(N3CCC(O)CC3)C2)cc1C(=O)NC1(c2ccc3c4c(cccc24)C(=O)N3C)CC1. The van der Waals surface area contributed by atoms with E-state index in [2.05, 4.69) is 39.4 Å². The summed E-state index contributed by atoms with van der Waals surface area (Å²) in [5.41, 5.74) is 5.15. The van der Waals surface area contributed by atoms with Gasteiger partial charge in [-0.2, -0.15) is 0 Å². The normalized spacial score (nSPS) is 21.2. The van der Waals surface area contributed by atoms with Crippen molar-refractivity contribution in [3.63, 3.8) is 0 Å². The third-order valence-corrected chi connectivity index (χ3v) is 9.24. The Hall–Kier alpha value is -3.42. The molecule has 2 N–H and O–H groups in total. The quantitative estimate of drug-likeness (QED) is 0.546. The number of amides is 2. The summed E-state index contributed by atoms with van der Waals surface area (Å²) in [6.45, 7) is 5.84. The number of hydrogen-bond donors (Lipinski definition) is 2. The summed E-state index contributed by atoms with van der Waals surface area (Å²) in [5.74, 6) is -0.0180. The van der Waals surface area contributed by atoms with E-state index in [0.29, 0.717) is 6.04 Å². The number of carbonyl (C=O) groups excluding carboxylic acids is 2. The summed E-state index contributed by atoms with van der Waals surface area (Å²) in [7, 11) is 1.82. The maximum absolute atomic E-state index is 13.7. The number of nitrogens with one attached hydrogen (secondary N) is 1. The van der Waals surface area contributed by atoms with Crippen molar-refractivity contribution in [2.24, 2.45) is 0 Å². The molecule has 1 saturated carbocycles. The smallest absolute Gasteiger partial charge is 0.258 e. The van der Waals surface area contributed by atoms with Crippen LogP contribution >= 0.6 is 0 Å². The number of carbonyl (C=O) groups is 2. The fourth-order valence-corrected chi connectivity index (χ4v) is 6.62. The Labute approximate surface area is 223 Å². The zero-order valence-corrected chi connectivity index (χ0v) is 22.0. The molecule has 1 aliphatic carbocycles. The Morgan fingerprint density at radius 3 is 2.55 bits per heavy atom. The molecule has 0 radical (unpaired) electrons. The molecule has 0 atom stereocenters. The van der Waals surface area contributed by atoms with Gasteiger partial charge in [0, 0.05) is 61.5 Å². The number of nitrogens with zero attached hydrogens (tertiary/aromatic N) is 3. The second-order valence-corrected chi connectivity index (χ2v) is 11.6. The van der Waals surface area contributed by atoms with Crippen molar-refractivity contribution in [3.8, 4) is 0 Å². The molecule has 3 aromatic rings. The van der Waals surface area contributed by atoms with E-state index in [1.165, 1.54) is 0 Å². The molecule has 4 aliphatic rings. The molecule has 7 nitrogen and oxygen atoms in total. The van der Waals surface area contributed by atoms with Crippen molar-refractivity contribution >= 4 is 34.0 Å². The first-order valence-electron chi connectivity index (χ1n) is 13.8. The molecule has 3 heterocycles. The highest BCUT2D eigenvalue weighted by molar-refractivity contribution is 6.25. The lowest BCUT2D eigenvalue weighted by atomic mass is 9.94. The first-order valence-corrected chi connectivity index (χ1v) is 13.8. The number of aliphatic hydroxyl groups excluding tert-OH is 1. The molecule has 2 amide bonds. The van der Waals surface area contributed by atoms with Crippen LogP contribution in [0.1, 0.15) is 57.5 Å². The monoisotopic (exact) mass is 510 g/mol. The Morgan fingerprint density at radius 2 is 1.82 bits per heavy atom. The first-order chi connectivity index (χ1) is 18.3. The zero-order chi connectivity index (χ0) is 26.2. The molecule has 0 spiro atoms. The third kappa shape index (κ3) is 3.63. The molecule has 3 aromatic carbocycles. The van der Waals surface area contributed by atoms with Crippen LogP contribution < -0.4 is 15.1 Å². The minimum absolute atomic E-state index is 0.0233. The number of hydrogen-bond acceptors (Lipinski definition) is 5. The predicted molar refractivity (Wildman–Crippen MR) is 149 cm³/mol. The van der Waals surface area contributed by atoms with Crippen LogP contribution in [0.25, 0.3) is 10.8 Å². The summed E-state index contributed by atoms with van der Waals surface area (Å²) in [5, 5.41) is 15.2. The Morgan fingerprint density at radius 1 is 1.05 bits per heavy atom. The van der Waals surface area contributed by atoms with Gasteiger partial charge >= 0.3 is 0 Å². The number of anilines is 2. The van der Waals surface area contributed by atoms with Gasteiger partial charge in [0.1, 0.15) is 0 Å². The van der Waals surface area contributed by atoms with Crippen LogP contribution in [-0.2, 0) is 5.54 Å². The molecule has 0 aromatic heterocycles. The van der Waals surface area contributed by atoms with E-state index in [0.717, 1.165) is 96.3 Å². The van der Waals surface area contributed by atoms with Gasteiger partial charge in [0.2, 0.25) is 0 Å². The van der Waals surface area contributed by atoms with E-state index < -0.39 is 5.54 Å². The van der Waals surface area contributed by atoms with Gasteiger partial charge in [-0.1, -0.05) is 24.3 Å². The average Bonchev–Trinajstić information content (AvgIpc) is 3.63. The number of piperidine rings is 1. The van der Waals surface area contributed by atoms with E-state index in [4.69, 9.17) is 0 Å². The maximum atomic E-state index is 13.7. The molecular formula is C31H34N4O3. The van der Waals surface area contributed by atoms with Gasteiger partial charge in [-0.25, -0.2) is 0 Å². The number of benzene rings is 3. The van der Waals surface area contributed by atoms with Gasteiger partial charge in [0.25, 0.3) is 11.8 Å². The summed E-state index contributed by atoms with van der Waals surface area (Å²) in [4.78, 5) is 33.0. The van der Waals surface area contributed by atoms with E-state index >= 15 is 0 Å². The van der Waals surface area contributed by atoms with E-state index in [-0.39, 0.29) is 17.9 Å². The van der Waals surface area contributed by atoms with Gasteiger partial charge in [0.15, 0.2) is 0 Å². The lowest BCUT2D eigenvalue weighted by Gasteiger charge is -2.48. The van der Waals surface area contributed by atoms with Crippen LogP contribution in [0, 0.1) is 6.92 Å². The summed E-state index contributed by atoms with van der Waals surface area (Å²) in [6, 6.07) is 16.7. The van der Waals surface area contributed by atoms with Gasteiger partial charge in [0.05, 0.1) is 17.3 Å². The lowest BCUT2D eigenvalue weighted by molar-refractivity contribution is 0.0531. The molecular weight excluding hydrogens is 476 g/mol. The summed E-state index contributed by atoms with van der Waals surface area (Å²) < 4.78 is 0. The number of rotatable bonds is 5. The lowest BCUT2D eigenvalue weighted by Crippen LogP contribution is -2.61. The Kier molecular flexibility index (Phi) is 5.33. The van der Waals surface area contributed by atoms with Gasteiger partial charge in [-0.3, -0.25) is 14.5 Å². The number of aryl methyl sites for hydroxylation is 1. The van der Waals surface area contributed by atoms with Crippen LogP contribution in [0.2, 0.25) is 0 Å². The van der Waals surface area contributed by atoms with Crippen molar-refractivity contribution in [2.75, 3.05) is 43.0 Å². The van der Waals surface area contributed by atoms with Gasteiger partial charge in [-0.05, 0) is 73.4 Å². The second-order valence-electron chi connectivity index (χ2n) is 11.6. The molecule has 2 saturated heterocycles. The molecule has 7 rings (SSSR count). The van der Waals surface area contributed by atoms with E-state index in [1.807, 2.05) is 38.2 Å². The minimum Gasteiger partial charge on any atom is -0.393 e. The van der Waals surface area contributed by atoms with Crippen molar-refractivity contribution < 1.29 is 14.7 Å². The predicted octanol–water partition coefficient (Wildman–Crippen LogP) is 3.80. The van der Waals surface area contributed by atoms with Gasteiger partial charge in [-0.15, -0.1) is 0 Å². The molecule has 3 fully saturated rings. The standard InChI is InChI=1S/C31H34N4O3/c1-19-6-7-20(35-17-21(18-35)34-14-10-22(36)11-15-34)16-25(19)29(37)32-31(12-13-31)26-8-9-27-28-23(26)4-3-5-24(28)30(38)33(27)2/h3-9,16,21-22,36H,10-15,17-18H2,1-2H3,(H,32,37). The Bertz CT molecular complexity index is 1470. The molecule has 196 valence electrons. The van der Waals surface area contributed by atoms with Crippen molar-refractivity contribution in [2.45, 2.75) is 50.3 Å². The molecule has 0 bridgehead atoms. The van der Waals surface area contributed by atoms with Crippen LogP contribution in [0.4, 0.5) is 11.4 Å². The minimum atomic E-state index is -0.401.